The van der Waals surface area contributed by atoms with Gasteiger partial charge in [-0.25, -0.2) is 14.4 Å². The lowest BCUT2D eigenvalue weighted by molar-refractivity contribution is 0.00676. The van der Waals surface area contributed by atoms with Crippen molar-refractivity contribution in [2.75, 3.05) is 0 Å². The van der Waals surface area contributed by atoms with Crippen LogP contribution in [0.2, 0.25) is 0 Å². The molecule has 0 saturated carbocycles. The first kappa shape index (κ1) is 22.7. The SMILES string of the molecule is CC(C)(C)OC(=O)c1cc(C(=O)OC(C)(C)C)cc(C(=O)OC(C)(C)C)c1. The van der Waals surface area contributed by atoms with Crippen molar-refractivity contribution in [2.24, 2.45) is 0 Å². The van der Waals surface area contributed by atoms with E-state index in [1.807, 2.05) is 0 Å². The van der Waals surface area contributed by atoms with Crippen molar-refractivity contribution in [3.8, 4) is 0 Å². The summed E-state index contributed by atoms with van der Waals surface area (Å²) in [5.74, 6) is -1.92. The van der Waals surface area contributed by atoms with E-state index in [4.69, 9.17) is 14.2 Å². The highest BCUT2D eigenvalue weighted by Gasteiger charge is 2.25. The number of hydrogen-bond donors (Lipinski definition) is 0. The largest absolute Gasteiger partial charge is 0.456 e. The maximum Gasteiger partial charge on any atom is 0.338 e. The second kappa shape index (κ2) is 7.71. The molecule has 1 aromatic rings. The highest BCUT2D eigenvalue weighted by molar-refractivity contribution is 6.00. The van der Waals surface area contributed by atoms with E-state index in [2.05, 4.69) is 0 Å². The lowest BCUT2D eigenvalue weighted by atomic mass is 10.0. The van der Waals surface area contributed by atoms with Crippen molar-refractivity contribution in [1.82, 2.24) is 0 Å². The predicted molar refractivity (Wildman–Crippen MR) is 102 cm³/mol. The smallest absolute Gasteiger partial charge is 0.338 e. The first-order valence-electron chi connectivity index (χ1n) is 8.82. The van der Waals surface area contributed by atoms with E-state index in [-0.39, 0.29) is 16.7 Å². The molecule has 0 aliphatic carbocycles. The van der Waals surface area contributed by atoms with Gasteiger partial charge in [0, 0.05) is 0 Å². The van der Waals surface area contributed by atoms with Gasteiger partial charge < -0.3 is 14.2 Å². The highest BCUT2D eigenvalue weighted by atomic mass is 16.6. The van der Waals surface area contributed by atoms with Gasteiger partial charge in [-0.3, -0.25) is 0 Å². The van der Waals surface area contributed by atoms with Gasteiger partial charge in [-0.15, -0.1) is 0 Å². The number of benzene rings is 1. The Kier molecular flexibility index (Phi) is 6.47. The van der Waals surface area contributed by atoms with E-state index < -0.39 is 34.7 Å². The minimum atomic E-state index is -0.717. The summed E-state index contributed by atoms with van der Waals surface area (Å²) in [7, 11) is 0. The Bertz CT molecular complexity index is 614. The average molecular weight is 378 g/mol. The molecule has 0 unspecified atom stereocenters. The summed E-state index contributed by atoms with van der Waals surface area (Å²) < 4.78 is 16.1. The molecule has 0 radical (unpaired) electrons. The molecule has 6 nitrogen and oxygen atoms in total. The Labute approximate surface area is 161 Å². The van der Waals surface area contributed by atoms with Gasteiger partial charge in [-0.05, 0) is 80.5 Å². The molecule has 0 aliphatic rings. The molecule has 0 aromatic heterocycles. The third-order valence-corrected chi connectivity index (χ3v) is 2.84. The van der Waals surface area contributed by atoms with Crippen LogP contribution in [0.25, 0.3) is 0 Å². The summed E-state index contributed by atoms with van der Waals surface area (Å²) in [4.78, 5) is 37.4. The number of carbonyl (C=O) groups is 3. The molecule has 0 fully saturated rings. The molecular formula is C21H30O6. The summed E-state index contributed by atoms with van der Waals surface area (Å²) >= 11 is 0. The van der Waals surface area contributed by atoms with Gasteiger partial charge in [0.25, 0.3) is 0 Å². The number of ether oxygens (including phenoxy) is 3. The van der Waals surface area contributed by atoms with E-state index in [1.54, 1.807) is 62.3 Å². The van der Waals surface area contributed by atoms with Crippen molar-refractivity contribution in [3.63, 3.8) is 0 Å². The molecular weight excluding hydrogens is 348 g/mol. The molecule has 1 aromatic carbocycles. The van der Waals surface area contributed by atoms with Crippen LogP contribution in [0.1, 0.15) is 93.4 Å². The van der Waals surface area contributed by atoms with E-state index in [0.717, 1.165) is 0 Å². The van der Waals surface area contributed by atoms with Crippen LogP contribution in [0, 0.1) is 0 Å². The molecule has 6 heteroatoms. The first-order valence-corrected chi connectivity index (χ1v) is 8.82. The van der Waals surface area contributed by atoms with Gasteiger partial charge in [0.15, 0.2) is 0 Å². The zero-order chi connectivity index (χ0) is 21.2. The Morgan fingerprint density at radius 3 is 0.852 bits per heavy atom. The zero-order valence-electron chi connectivity index (χ0n) is 17.7. The lowest BCUT2D eigenvalue weighted by Gasteiger charge is -2.22. The van der Waals surface area contributed by atoms with Crippen LogP contribution in [0.15, 0.2) is 18.2 Å². The van der Waals surface area contributed by atoms with Crippen molar-refractivity contribution >= 4 is 17.9 Å². The molecule has 150 valence electrons. The summed E-state index contributed by atoms with van der Waals surface area (Å²) in [5, 5.41) is 0. The topological polar surface area (TPSA) is 78.9 Å². The van der Waals surface area contributed by atoms with Crippen molar-refractivity contribution in [3.05, 3.63) is 34.9 Å². The predicted octanol–water partition coefficient (Wildman–Crippen LogP) is 4.55. The number of rotatable bonds is 3. The third kappa shape index (κ3) is 8.24. The lowest BCUT2D eigenvalue weighted by Crippen LogP contribution is -2.27. The molecule has 0 saturated heterocycles. The molecule has 0 amide bonds. The fourth-order valence-corrected chi connectivity index (χ4v) is 1.99. The molecule has 0 aliphatic heterocycles. The maximum atomic E-state index is 12.5. The Morgan fingerprint density at radius 2 is 0.704 bits per heavy atom. The normalized spacial score (nSPS) is 12.3. The van der Waals surface area contributed by atoms with Gasteiger partial charge in [-0.1, -0.05) is 0 Å². The minimum Gasteiger partial charge on any atom is -0.456 e. The molecule has 0 spiro atoms. The van der Waals surface area contributed by atoms with Crippen LogP contribution in [-0.4, -0.2) is 34.7 Å². The number of hydrogen-bond acceptors (Lipinski definition) is 6. The summed E-state index contributed by atoms with van der Waals surface area (Å²) in [6.07, 6.45) is 0. The fourth-order valence-electron chi connectivity index (χ4n) is 1.99. The van der Waals surface area contributed by atoms with E-state index in [9.17, 15) is 14.4 Å². The van der Waals surface area contributed by atoms with Crippen molar-refractivity contribution < 1.29 is 28.6 Å². The molecule has 0 heterocycles. The Hall–Kier alpha value is -2.37. The number of esters is 3. The van der Waals surface area contributed by atoms with Crippen LogP contribution < -0.4 is 0 Å². The first-order chi connectivity index (χ1) is 12.0. The molecule has 0 N–H and O–H groups in total. The van der Waals surface area contributed by atoms with E-state index >= 15 is 0 Å². The monoisotopic (exact) mass is 378 g/mol. The van der Waals surface area contributed by atoms with Gasteiger partial charge in [0.2, 0.25) is 0 Å². The van der Waals surface area contributed by atoms with Crippen LogP contribution in [0.5, 0.6) is 0 Å². The third-order valence-electron chi connectivity index (χ3n) is 2.84. The van der Waals surface area contributed by atoms with Gasteiger partial charge in [0.1, 0.15) is 16.8 Å². The van der Waals surface area contributed by atoms with Crippen LogP contribution in [-0.2, 0) is 14.2 Å². The van der Waals surface area contributed by atoms with E-state index in [1.165, 1.54) is 18.2 Å². The Morgan fingerprint density at radius 1 is 0.519 bits per heavy atom. The second-order valence-corrected chi connectivity index (χ2v) is 9.30. The molecule has 0 atom stereocenters. The quantitative estimate of drug-likeness (QED) is 0.567. The van der Waals surface area contributed by atoms with Crippen LogP contribution in [0.3, 0.4) is 0 Å². The number of carbonyl (C=O) groups excluding carboxylic acids is 3. The van der Waals surface area contributed by atoms with Gasteiger partial charge >= 0.3 is 17.9 Å². The fraction of sp³-hybridized carbons (Fsp3) is 0.571. The average Bonchev–Trinajstić information content (AvgIpc) is 2.41. The molecule has 27 heavy (non-hydrogen) atoms. The second-order valence-electron chi connectivity index (χ2n) is 9.30. The highest BCUT2D eigenvalue weighted by Crippen LogP contribution is 2.20. The van der Waals surface area contributed by atoms with E-state index in [0.29, 0.717) is 0 Å². The summed E-state index contributed by atoms with van der Waals surface area (Å²) in [5.41, 5.74) is -1.92. The molecule has 1 rings (SSSR count). The standard InChI is InChI=1S/C21H30O6/c1-19(2,3)25-16(22)13-10-14(17(23)26-20(4,5)6)12-15(11-13)18(24)27-21(7,8)9/h10-12H,1-9H3. The van der Waals surface area contributed by atoms with Crippen molar-refractivity contribution in [2.45, 2.75) is 79.1 Å². The van der Waals surface area contributed by atoms with Crippen LogP contribution >= 0.6 is 0 Å². The van der Waals surface area contributed by atoms with Gasteiger partial charge in [-0.2, -0.15) is 0 Å². The Balaban J connectivity index is 3.36. The zero-order valence-corrected chi connectivity index (χ0v) is 17.7. The van der Waals surface area contributed by atoms with Crippen molar-refractivity contribution in [1.29, 1.82) is 0 Å². The minimum absolute atomic E-state index is 0.0779. The molecule has 0 bridgehead atoms. The van der Waals surface area contributed by atoms with Crippen LogP contribution in [0.4, 0.5) is 0 Å². The summed E-state index contributed by atoms with van der Waals surface area (Å²) in [6, 6.07) is 4.07. The summed E-state index contributed by atoms with van der Waals surface area (Å²) in [6.45, 7) is 15.6. The van der Waals surface area contributed by atoms with Gasteiger partial charge in [0.05, 0.1) is 16.7 Å². The maximum absolute atomic E-state index is 12.5.